The molecule has 138 valence electrons. The molecular formula is C19H11F2N5OS. The number of alkyl halides is 2. The molecule has 0 amide bonds. The highest BCUT2D eigenvalue weighted by molar-refractivity contribution is 7.13. The second-order valence-electron chi connectivity index (χ2n) is 5.93. The molecule has 0 unspecified atom stereocenters. The van der Waals surface area contributed by atoms with Crippen LogP contribution in [0.4, 0.5) is 8.78 Å². The summed E-state index contributed by atoms with van der Waals surface area (Å²) in [6, 6.07) is 14.2. The summed E-state index contributed by atoms with van der Waals surface area (Å²) in [6.07, 6.45) is -1.31. The maximum absolute atomic E-state index is 13.7. The third-order valence-corrected chi connectivity index (χ3v) is 5.06. The topological polar surface area (TPSA) is 69.1 Å². The van der Waals surface area contributed by atoms with Crippen molar-refractivity contribution in [2.75, 3.05) is 0 Å². The van der Waals surface area contributed by atoms with Crippen LogP contribution in [0.5, 0.6) is 0 Å². The molecule has 6 nitrogen and oxygen atoms in total. The molecule has 0 N–H and O–H groups in total. The summed E-state index contributed by atoms with van der Waals surface area (Å²) in [5.41, 5.74) is 1.52. The van der Waals surface area contributed by atoms with E-state index in [0.29, 0.717) is 17.1 Å². The highest BCUT2D eigenvalue weighted by Crippen LogP contribution is 2.31. The van der Waals surface area contributed by atoms with Crippen molar-refractivity contribution in [3.63, 3.8) is 0 Å². The first-order valence-electron chi connectivity index (χ1n) is 8.31. The average molecular weight is 395 g/mol. The zero-order chi connectivity index (χ0) is 19.1. The Kier molecular flexibility index (Phi) is 3.94. The first-order chi connectivity index (χ1) is 13.7. The molecule has 0 saturated carbocycles. The summed E-state index contributed by atoms with van der Waals surface area (Å²) in [7, 11) is 0. The SMILES string of the molecule is FC(F)c1cc(-c2ccccc2)nc2c(-c3nc(-c4cccs4)no3)cnn12. The minimum absolute atomic E-state index is 0.177. The standard InChI is InChI=1S/C19H11F2N5OS/c20-16(21)14-9-13(11-5-2-1-3-6-11)23-18-12(10-22-26(14)18)19-24-17(25-27-19)15-7-4-8-28-15/h1-10,16H. The van der Waals surface area contributed by atoms with Crippen molar-refractivity contribution in [3.05, 3.63) is 65.8 Å². The number of halogens is 2. The largest absolute Gasteiger partial charge is 0.333 e. The van der Waals surface area contributed by atoms with Gasteiger partial charge in [0.15, 0.2) is 5.65 Å². The molecule has 0 atom stereocenters. The number of rotatable bonds is 4. The van der Waals surface area contributed by atoms with Gasteiger partial charge in [-0.3, -0.25) is 0 Å². The second kappa shape index (κ2) is 6.61. The summed E-state index contributed by atoms with van der Waals surface area (Å²) >= 11 is 1.48. The molecule has 4 heterocycles. The van der Waals surface area contributed by atoms with Gasteiger partial charge >= 0.3 is 0 Å². The fraction of sp³-hybridized carbons (Fsp3) is 0.0526. The Labute approximate surface area is 161 Å². The van der Waals surface area contributed by atoms with Crippen LogP contribution in [0.25, 0.3) is 39.1 Å². The molecule has 5 rings (SSSR count). The van der Waals surface area contributed by atoms with Crippen LogP contribution < -0.4 is 0 Å². The smallest absolute Gasteiger partial charge is 0.280 e. The molecule has 5 aromatic rings. The molecule has 0 spiro atoms. The Hall–Kier alpha value is -3.46. The van der Waals surface area contributed by atoms with E-state index in [0.717, 1.165) is 15.0 Å². The monoisotopic (exact) mass is 395 g/mol. The third kappa shape index (κ3) is 2.76. The van der Waals surface area contributed by atoms with E-state index in [9.17, 15) is 8.78 Å². The first kappa shape index (κ1) is 16.7. The molecule has 0 aliphatic rings. The van der Waals surface area contributed by atoms with Crippen LogP contribution >= 0.6 is 11.3 Å². The molecule has 0 saturated heterocycles. The fourth-order valence-electron chi connectivity index (χ4n) is 2.89. The molecule has 9 heteroatoms. The lowest BCUT2D eigenvalue weighted by Gasteiger charge is -2.07. The fourth-order valence-corrected chi connectivity index (χ4v) is 3.54. The Bertz CT molecular complexity index is 1250. The van der Waals surface area contributed by atoms with Crippen LogP contribution in [0, 0.1) is 0 Å². The van der Waals surface area contributed by atoms with E-state index in [2.05, 4.69) is 20.2 Å². The van der Waals surface area contributed by atoms with E-state index in [1.54, 1.807) is 0 Å². The number of hydrogen-bond acceptors (Lipinski definition) is 6. The predicted molar refractivity (Wildman–Crippen MR) is 100.0 cm³/mol. The molecule has 4 aromatic heterocycles. The number of thiophene rings is 1. The van der Waals surface area contributed by atoms with Crippen molar-refractivity contribution in [3.8, 4) is 33.4 Å². The van der Waals surface area contributed by atoms with Crippen LogP contribution in [-0.4, -0.2) is 24.7 Å². The van der Waals surface area contributed by atoms with Gasteiger partial charge in [-0.2, -0.15) is 10.1 Å². The van der Waals surface area contributed by atoms with Crippen LogP contribution in [0.2, 0.25) is 0 Å². The highest BCUT2D eigenvalue weighted by atomic mass is 32.1. The van der Waals surface area contributed by atoms with E-state index in [-0.39, 0.29) is 17.2 Å². The van der Waals surface area contributed by atoms with Crippen molar-refractivity contribution in [2.24, 2.45) is 0 Å². The Morgan fingerprint density at radius 1 is 1.04 bits per heavy atom. The Morgan fingerprint density at radius 3 is 2.64 bits per heavy atom. The van der Waals surface area contributed by atoms with E-state index >= 15 is 0 Å². The molecule has 28 heavy (non-hydrogen) atoms. The van der Waals surface area contributed by atoms with Crippen molar-refractivity contribution in [1.29, 1.82) is 0 Å². The number of nitrogens with zero attached hydrogens (tertiary/aromatic N) is 5. The summed E-state index contributed by atoms with van der Waals surface area (Å²) in [5.74, 6) is 0.606. The van der Waals surface area contributed by atoms with Crippen molar-refractivity contribution in [2.45, 2.75) is 6.43 Å². The number of hydrogen-bond donors (Lipinski definition) is 0. The summed E-state index contributed by atoms with van der Waals surface area (Å²) in [5, 5.41) is 9.95. The van der Waals surface area contributed by atoms with Crippen molar-refractivity contribution < 1.29 is 13.3 Å². The van der Waals surface area contributed by atoms with Gasteiger partial charge in [-0.15, -0.1) is 11.3 Å². The van der Waals surface area contributed by atoms with E-state index in [1.807, 2.05) is 47.8 Å². The molecule has 0 aliphatic carbocycles. The van der Waals surface area contributed by atoms with Gasteiger partial charge in [0.2, 0.25) is 5.82 Å². The zero-order valence-electron chi connectivity index (χ0n) is 14.2. The first-order valence-corrected chi connectivity index (χ1v) is 9.19. The van der Waals surface area contributed by atoms with Crippen molar-refractivity contribution >= 4 is 17.0 Å². The number of benzene rings is 1. The van der Waals surface area contributed by atoms with Gasteiger partial charge in [0.1, 0.15) is 11.3 Å². The van der Waals surface area contributed by atoms with Crippen LogP contribution in [0.3, 0.4) is 0 Å². The van der Waals surface area contributed by atoms with Gasteiger partial charge in [0, 0.05) is 5.56 Å². The van der Waals surface area contributed by atoms with Gasteiger partial charge in [-0.1, -0.05) is 41.6 Å². The average Bonchev–Trinajstić information content (AvgIpc) is 3.46. The van der Waals surface area contributed by atoms with Crippen molar-refractivity contribution in [1.82, 2.24) is 24.7 Å². The summed E-state index contributed by atoms with van der Waals surface area (Å²) in [6.45, 7) is 0. The minimum Gasteiger partial charge on any atom is -0.333 e. The maximum atomic E-state index is 13.7. The maximum Gasteiger partial charge on any atom is 0.280 e. The third-order valence-electron chi connectivity index (χ3n) is 4.19. The second-order valence-corrected chi connectivity index (χ2v) is 6.87. The van der Waals surface area contributed by atoms with Crippen LogP contribution in [-0.2, 0) is 0 Å². The quantitative estimate of drug-likeness (QED) is 0.423. The molecule has 1 aromatic carbocycles. The molecular weight excluding hydrogens is 384 g/mol. The lowest BCUT2D eigenvalue weighted by molar-refractivity contribution is 0.143. The Balaban J connectivity index is 1.69. The number of fused-ring (bicyclic) bond motifs is 1. The zero-order valence-corrected chi connectivity index (χ0v) is 15.0. The van der Waals surface area contributed by atoms with Gasteiger partial charge in [0.25, 0.3) is 12.3 Å². The highest BCUT2D eigenvalue weighted by Gasteiger charge is 2.22. The van der Waals surface area contributed by atoms with Crippen LogP contribution in [0.1, 0.15) is 12.1 Å². The molecule has 0 bridgehead atoms. The Morgan fingerprint density at radius 2 is 1.89 bits per heavy atom. The van der Waals surface area contributed by atoms with E-state index < -0.39 is 6.43 Å². The lowest BCUT2D eigenvalue weighted by atomic mass is 10.1. The normalized spacial score (nSPS) is 11.5. The molecule has 0 radical (unpaired) electrons. The number of aromatic nitrogens is 5. The van der Waals surface area contributed by atoms with Gasteiger partial charge in [-0.05, 0) is 17.5 Å². The van der Waals surface area contributed by atoms with Gasteiger partial charge in [-0.25, -0.2) is 18.3 Å². The summed E-state index contributed by atoms with van der Waals surface area (Å²) in [4.78, 5) is 9.76. The minimum atomic E-state index is -2.72. The van der Waals surface area contributed by atoms with Crippen LogP contribution in [0.15, 0.2) is 64.6 Å². The van der Waals surface area contributed by atoms with E-state index in [1.165, 1.54) is 23.6 Å². The predicted octanol–water partition coefficient (Wildman–Crippen LogP) is 5.11. The van der Waals surface area contributed by atoms with Gasteiger partial charge < -0.3 is 4.52 Å². The molecule has 0 aliphatic heterocycles. The van der Waals surface area contributed by atoms with E-state index in [4.69, 9.17) is 4.52 Å². The summed E-state index contributed by atoms with van der Waals surface area (Å²) < 4.78 is 33.8. The molecule has 0 fully saturated rings. The lowest BCUT2D eigenvalue weighted by Crippen LogP contribution is -2.02. The van der Waals surface area contributed by atoms with Gasteiger partial charge in [0.05, 0.1) is 16.8 Å².